The summed E-state index contributed by atoms with van der Waals surface area (Å²) in [6.45, 7) is 0.947. The first-order valence-corrected chi connectivity index (χ1v) is 12.8. The molecule has 0 aromatic heterocycles. The Labute approximate surface area is 199 Å². The highest BCUT2D eigenvalue weighted by Crippen LogP contribution is 2.36. The number of nitrogens with zero attached hydrogens (tertiary/aromatic N) is 2. The van der Waals surface area contributed by atoms with Crippen molar-refractivity contribution in [1.29, 1.82) is 0 Å². The summed E-state index contributed by atoms with van der Waals surface area (Å²) in [6, 6.07) is 24.3. The van der Waals surface area contributed by atoms with E-state index in [1.165, 1.54) is 4.31 Å². The van der Waals surface area contributed by atoms with Crippen molar-refractivity contribution < 1.29 is 17.9 Å². The van der Waals surface area contributed by atoms with E-state index in [0.29, 0.717) is 29.5 Å². The van der Waals surface area contributed by atoms with Gasteiger partial charge in [-0.25, -0.2) is 8.42 Å². The largest absolute Gasteiger partial charge is 0.478 e. The fourth-order valence-corrected chi connectivity index (χ4v) is 5.00. The number of hydrogen-bond donors (Lipinski definition) is 0. The first kappa shape index (κ1) is 23.1. The van der Waals surface area contributed by atoms with Gasteiger partial charge >= 0.3 is 0 Å². The monoisotopic (exact) mass is 484 g/mol. The molecule has 1 unspecified atom stereocenters. The lowest BCUT2D eigenvalue weighted by molar-refractivity contribution is -0.140. The van der Waals surface area contributed by atoms with Crippen LogP contribution in [0.15, 0.2) is 78.9 Å². The van der Waals surface area contributed by atoms with Gasteiger partial charge in [0.1, 0.15) is 5.75 Å². The van der Waals surface area contributed by atoms with Crippen LogP contribution in [0, 0.1) is 0 Å². The second kappa shape index (κ2) is 9.85. The van der Waals surface area contributed by atoms with E-state index >= 15 is 0 Å². The van der Waals surface area contributed by atoms with E-state index in [-0.39, 0.29) is 18.9 Å². The summed E-state index contributed by atoms with van der Waals surface area (Å²) >= 11 is 6.12. The fraction of sp³-hybridized carbons (Fsp3) is 0.240. The first-order valence-electron chi connectivity index (χ1n) is 10.6. The average molecular weight is 485 g/mol. The molecule has 172 valence electrons. The third-order valence-electron chi connectivity index (χ3n) is 5.47. The number of benzene rings is 3. The summed E-state index contributed by atoms with van der Waals surface area (Å²) in [6.07, 6.45) is 0.527. The van der Waals surface area contributed by atoms with Crippen molar-refractivity contribution in [2.45, 2.75) is 25.6 Å². The van der Waals surface area contributed by atoms with Gasteiger partial charge < -0.3 is 9.64 Å². The Morgan fingerprint density at radius 3 is 2.12 bits per heavy atom. The molecule has 0 radical (unpaired) electrons. The zero-order valence-electron chi connectivity index (χ0n) is 18.2. The summed E-state index contributed by atoms with van der Waals surface area (Å²) in [7, 11) is -3.58. The molecule has 0 N–H and O–H groups in total. The lowest BCUT2D eigenvalue weighted by atomic mass is 10.1. The normalized spacial score (nSPS) is 15.8. The average Bonchev–Trinajstić information content (AvgIpc) is 2.99. The quantitative estimate of drug-likeness (QED) is 0.517. The van der Waals surface area contributed by atoms with Crippen LogP contribution in [0.5, 0.6) is 5.75 Å². The van der Waals surface area contributed by atoms with Crippen LogP contribution in [0.2, 0.25) is 5.02 Å². The highest BCUT2D eigenvalue weighted by atomic mass is 35.5. The summed E-state index contributed by atoms with van der Waals surface area (Å²) in [5.41, 5.74) is 2.35. The van der Waals surface area contributed by atoms with E-state index in [2.05, 4.69) is 0 Å². The van der Waals surface area contributed by atoms with Gasteiger partial charge in [-0.15, -0.1) is 0 Å². The molecule has 33 heavy (non-hydrogen) atoms. The molecule has 1 atom stereocenters. The number of carbonyl (C=O) groups excluding carboxylic acids is 1. The Bertz CT molecular complexity index is 1180. The molecule has 0 aliphatic carbocycles. The van der Waals surface area contributed by atoms with Gasteiger partial charge in [0.15, 0.2) is 6.10 Å². The second-order valence-electron chi connectivity index (χ2n) is 8.01. The van der Waals surface area contributed by atoms with Gasteiger partial charge in [-0.2, -0.15) is 0 Å². The molecule has 8 heteroatoms. The van der Waals surface area contributed by atoms with Crippen molar-refractivity contribution in [2.24, 2.45) is 0 Å². The number of carbonyl (C=O) groups is 1. The van der Waals surface area contributed by atoms with Crippen molar-refractivity contribution >= 4 is 33.2 Å². The Balaban J connectivity index is 1.64. The minimum Gasteiger partial charge on any atom is -0.478 e. The van der Waals surface area contributed by atoms with Gasteiger partial charge in [-0.05, 0) is 29.3 Å². The van der Waals surface area contributed by atoms with E-state index in [1.807, 2.05) is 60.7 Å². The molecule has 0 bridgehead atoms. The minimum atomic E-state index is -3.58. The summed E-state index contributed by atoms with van der Waals surface area (Å²) < 4.78 is 32.2. The van der Waals surface area contributed by atoms with Crippen molar-refractivity contribution in [2.75, 3.05) is 17.1 Å². The third-order valence-corrected chi connectivity index (χ3v) is 6.89. The van der Waals surface area contributed by atoms with Crippen LogP contribution in [-0.4, -0.2) is 38.1 Å². The van der Waals surface area contributed by atoms with Gasteiger partial charge in [0, 0.05) is 31.1 Å². The van der Waals surface area contributed by atoms with Crippen molar-refractivity contribution in [3.63, 3.8) is 0 Å². The van der Waals surface area contributed by atoms with E-state index in [9.17, 15) is 13.2 Å². The smallest absolute Gasteiger partial charge is 0.264 e. The molecule has 1 aliphatic heterocycles. The molecule has 4 rings (SSSR count). The molecule has 0 saturated heterocycles. The van der Waals surface area contributed by atoms with Gasteiger partial charge in [0.2, 0.25) is 10.0 Å². The number of sulfonamides is 1. The van der Waals surface area contributed by atoms with Gasteiger partial charge in [-0.3, -0.25) is 9.10 Å². The van der Waals surface area contributed by atoms with Crippen molar-refractivity contribution in [1.82, 2.24) is 4.90 Å². The molecule has 6 nitrogen and oxygen atoms in total. The predicted molar refractivity (Wildman–Crippen MR) is 130 cm³/mol. The Morgan fingerprint density at radius 1 is 1.00 bits per heavy atom. The van der Waals surface area contributed by atoms with Gasteiger partial charge in [0.25, 0.3) is 5.91 Å². The Hall–Kier alpha value is -3.03. The lowest BCUT2D eigenvalue weighted by Gasteiger charge is -2.27. The van der Waals surface area contributed by atoms with Crippen LogP contribution >= 0.6 is 11.6 Å². The number of hydrogen-bond acceptors (Lipinski definition) is 4. The molecule has 1 aliphatic rings. The zero-order valence-corrected chi connectivity index (χ0v) is 19.8. The standard InChI is InChI=1S/C25H25ClN2O4S/c1-33(30,31)28-15-14-24(32-23-13-12-21(26)16-22(23)28)25(29)27(17-19-8-4-2-5-9-19)18-20-10-6-3-7-11-20/h2-13,16,24H,14-15,17-18H2,1H3. The number of anilines is 1. The van der Waals surface area contributed by atoms with Crippen LogP contribution in [-0.2, 0) is 27.9 Å². The highest BCUT2D eigenvalue weighted by molar-refractivity contribution is 7.92. The summed E-state index contributed by atoms with van der Waals surface area (Å²) in [4.78, 5) is 15.5. The minimum absolute atomic E-state index is 0.118. The first-order chi connectivity index (χ1) is 15.8. The maximum atomic E-state index is 13.7. The highest BCUT2D eigenvalue weighted by Gasteiger charge is 2.33. The molecule has 0 saturated carbocycles. The number of ether oxygens (including phenoxy) is 1. The number of rotatable bonds is 6. The number of amides is 1. The predicted octanol–water partition coefficient (Wildman–Crippen LogP) is 4.49. The van der Waals surface area contributed by atoms with Crippen LogP contribution in [0.25, 0.3) is 0 Å². The van der Waals surface area contributed by atoms with E-state index in [4.69, 9.17) is 16.3 Å². The van der Waals surface area contributed by atoms with E-state index < -0.39 is 16.1 Å². The topological polar surface area (TPSA) is 66.9 Å². The summed E-state index contributed by atoms with van der Waals surface area (Å²) in [5, 5.41) is 0.394. The molecular weight excluding hydrogens is 460 g/mol. The van der Waals surface area contributed by atoms with Crippen LogP contribution < -0.4 is 9.04 Å². The summed E-state index contributed by atoms with van der Waals surface area (Å²) in [5.74, 6) is 0.124. The maximum absolute atomic E-state index is 13.7. The molecule has 3 aromatic carbocycles. The molecule has 1 amide bonds. The van der Waals surface area contributed by atoms with Crippen LogP contribution in [0.3, 0.4) is 0 Å². The lowest BCUT2D eigenvalue weighted by Crippen LogP contribution is -2.42. The van der Waals surface area contributed by atoms with Gasteiger partial charge in [0.05, 0.1) is 11.9 Å². The Kier molecular flexibility index (Phi) is 6.91. The van der Waals surface area contributed by atoms with E-state index in [1.54, 1.807) is 23.1 Å². The third kappa shape index (κ3) is 5.67. The molecule has 3 aromatic rings. The molecule has 0 spiro atoms. The maximum Gasteiger partial charge on any atom is 0.264 e. The number of fused-ring (bicyclic) bond motifs is 1. The van der Waals surface area contributed by atoms with Gasteiger partial charge in [-0.1, -0.05) is 72.3 Å². The zero-order chi connectivity index (χ0) is 23.4. The fourth-order valence-electron chi connectivity index (χ4n) is 3.89. The van der Waals surface area contributed by atoms with Crippen LogP contribution in [0.4, 0.5) is 5.69 Å². The Morgan fingerprint density at radius 2 is 1.58 bits per heavy atom. The van der Waals surface area contributed by atoms with E-state index in [0.717, 1.165) is 17.4 Å². The van der Waals surface area contributed by atoms with Crippen molar-refractivity contribution in [3.05, 3.63) is 95.0 Å². The van der Waals surface area contributed by atoms with Crippen molar-refractivity contribution in [3.8, 4) is 5.75 Å². The molecule has 0 fully saturated rings. The second-order valence-corrected chi connectivity index (χ2v) is 10.4. The SMILES string of the molecule is CS(=O)(=O)N1CCC(C(=O)N(Cc2ccccc2)Cc2ccccc2)Oc2ccc(Cl)cc21. The van der Waals surface area contributed by atoms with Crippen LogP contribution in [0.1, 0.15) is 17.5 Å². The number of halogens is 1. The molecule has 1 heterocycles. The molecular formula is C25H25ClN2O4S.